The molecule has 7 nitrogen and oxygen atoms in total. The molecule has 2 fully saturated rings. The van der Waals surface area contributed by atoms with E-state index in [0.717, 1.165) is 0 Å². The monoisotopic (exact) mass is 261 g/mol. The third-order valence-corrected chi connectivity index (χ3v) is 2.79. The van der Waals surface area contributed by atoms with Gasteiger partial charge in [0.2, 0.25) is 5.91 Å². The molecule has 2 rings (SSSR count). The Hall–Kier alpha value is -1.41. The second-order valence-corrected chi connectivity index (χ2v) is 4.20. The Bertz CT molecular complexity index is 341. The summed E-state index contributed by atoms with van der Waals surface area (Å²) in [6, 6.07) is 0. The normalized spacial score (nSPS) is 29.2. The Balaban J connectivity index is 1.90. The molecule has 102 valence electrons. The summed E-state index contributed by atoms with van der Waals surface area (Å²) in [6.07, 6.45) is -2.38. The van der Waals surface area contributed by atoms with Gasteiger partial charge in [0.15, 0.2) is 6.30 Å². The van der Waals surface area contributed by atoms with E-state index in [1.807, 2.05) is 0 Å². The molecule has 0 spiro atoms. The number of carbonyl (C=O) groups excluding carboxylic acids is 2. The number of carbonyl (C=O) groups is 2. The van der Waals surface area contributed by atoms with Crippen molar-refractivity contribution in [3.05, 3.63) is 0 Å². The highest BCUT2D eigenvalue weighted by molar-refractivity contribution is 5.73. The smallest absolute Gasteiger partial charge is 0.425 e. The van der Waals surface area contributed by atoms with Crippen molar-refractivity contribution < 1.29 is 23.5 Å². The number of nitrogens with one attached hydrogen (secondary N) is 1. The van der Waals surface area contributed by atoms with E-state index < -0.39 is 18.5 Å². The van der Waals surface area contributed by atoms with Crippen molar-refractivity contribution in [3.63, 3.8) is 0 Å². The lowest BCUT2D eigenvalue weighted by Crippen LogP contribution is -2.53. The molecule has 1 N–H and O–H groups in total. The lowest BCUT2D eigenvalue weighted by Gasteiger charge is -2.35. The quantitative estimate of drug-likeness (QED) is 0.693. The summed E-state index contributed by atoms with van der Waals surface area (Å²) in [7, 11) is 0. The van der Waals surface area contributed by atoms with Crippen molar-refractivity contribution in [1.29, 1.82) is 0 Å². The van der Waals surface area contributed by atoms with Crippen molar-refractivity contribution in [3.8, 4) is 0 Å². The van der Waals surface area contributed by atoms with Crippen LogP contribution in [-0.4, -0.2) is 67.3 Å². The van der Waals surface area contributed by atoms with Gasteiger partial charge in [0.05, 0.1) is 26.3 Å². The predicted octanol–water partition coefficient (Wildman–Crippen LogP) is -0.514. The molecular weight excluding hydrogens is 245 g/mol. The van der Waals surface area contributed by atoms with Gasteiger partial charge in [0.1, 0.15) is 6.10 Å². The number of alkyl halides is 1. The average molecular weight is 261 g/mol. The second-order valence-electron chi connectivity index (χ2n) is 4.20. The molecule has 0 radical (unpaired) electrons. The first kappa shape index (κ1) is 13.0. The number of halogens is 1. The van der Waals surface area contributed by atoms with Gasteiger partial charge in [-0.2, -0.15) is 5.01 Å². The minimum atomic E-state index is -1.34. The van der Waals surface area contributed by atoms with Gasteiger partial charge < -0.3 is 14.8 Å². The Kier molecular flexibility index (Phi) is 3.97. The largest absolute Gasteiger partial charge is 0.441 e. The topological polar surface area (TPSA) is 71.1 Å². The molecule has 2 saturated heterocycles. The highest BCUT2D eigenvalue weighted by Gasteiger charge is 2.39. The van der Waals surface area contributed by atoms with Crippen molar-refractivity contribution in [2.75, 3.05) is 32.8 Å². The van der Waals surface area contributed by atoms with Crippen LogP contribution in [0, 0.1) is 0 Å². The molecule has 8 heteroatoms. The summed E-state index contributed by atoms with van der Waals surface area (Å²) < 4.78 is 23.6. The fourth-order valence-electron chi connectivity index (χ4n) is 1.92. The van der Waals surface area contributed by atoms with E-state index in [2.05, 4.69) is 5.32 Å². The van der Waals surface area contributed by atoms with E-state index in [0.29, 0.717) is 13.2 Å². The first-order chi connectivity index (χ1) is 8.58. The van der Waals surface area contributed by atoms with Crippen molar-refractivity contribution in [1.82, 2.24) is 15.3 Å². The van der Waals surface area contributed by atoms with Crippen LogP contribution in [0.1, 0.15) is 6.92 Å². The fourth-order valence-corrected chi connectivity index (χ4v) is 1.92. The molecule has 0 aliphatic carbocycles. The number of nitrogens with zero attached hydrogens (tertiary/aromatic N) is 2. The second kappa shape index (κ2) is 5.49. The summed E-state index contributed by atoms with van der Waals surface area (Å²) in [6.45, 7) is 2.48. The number of hydrogen-bond acceptors (Lipinski definition) is 5. The number of rotatable bonds is 3. The molecule has 2 aliphatic heterocycles. The average Bonchev–Trinajstić information content (AvgIpc) is 2.69. The minimum Gasteiger partial charge on any atom is -0.441 e. The Morgan fingerprint density at radius 2 is 2.39 bits per heavy atom. The Morgan fingerprint density at radius 1 is 1.61 bits per heavy atom. The maximum absolute atomic E-state index is 13.6. The number of hydrogen-bond donors (Lipinski definition) is 1. The van der Waals surface area contributed by atoms with Crippen molar-refractivity contribution in [2.45, 2.75) is 19.3 Å². The van der Waals surface area contributed by atoms with Gasteiger partial charge in [0, 0.05) is 13.5 Å². The van der Waals surface area contributed by atoms with E-state index >= 15 is 0 Å². The van der Waals surface area contributed by atoms with Gasteiger partial charge in [-0.1, -0.05) is 0 Å². The maximum Gasteiger partial charge on any atom is 0.425 e. The van der Waals surface area contributed by atoms with E-state index in [1.165, 1.54) is 16.9 Å². The van der Waals surface area contributed by atoms with Crippen LogP contribution in [0.2, 0.25) is 0 Å². The van der Waals surface area contributed by atoms with Crippen molar-refractivity contribution >= 4 is 12.0 Å². The molecule has 18 heavy (non-hydrogen) atoms. The lowest BCUT2D eigenvalue weighted by molar-refractivity contribution is -0.143. The van der Waals surface area contributed by atoms with Crippen LogP contribution in [0.25, 0.3) is 0 Å². The van der Waals surface area contributed by atoms with E-state index in [-0.39, 0.29) is 25.6 Å². The summed E-state index contributed by atoms with van der Waals surface area (Å²) in [5, 5.41) is 5.10. The number of hydrazine groups is 1. The number of cyclic esters (lactones) is 1. The van der Waals surface area contributed by atoms with Gasteiger partial charge in [-0.05, 0) is 0 Å². The molecule has 0 aromatic rings. The summed E-state index contributed by atoms with van der Waals surface area (Å²) >= 11 is 0. The van der Waals surface area contributed by atoms with E-state index in [9.17, 15) is 14.0 Å². The molecule has 2 amide bonds. The van der Waals surface area contributed by atoms with Gasteiger partial charge in [-0.3, -0.25) is 4.79 Å². The molecule has 0 saturated carbocycles. The Morgan fingerprint density at radius 3 is 3.06 bits per heavy atom. The molecule has 0 bridgehead atoms. The zero-order valence-corrected chi connectivity index (χ0v) is 10.1. The summed E-state index contributed by atoms with van der Waals surface area (Å²) in [4.78, 5) is 22.4. The highest BCUT2D eigenvalue weighted by Crippen LogP contribution is 2.19. The van der Waals surface area contributed by atoms with Crippen LogP contribution in [0.3, 0.4) is 0 Å². The molecule has 2 atom stereocenters. The van der Waals surface area contributed by atoms with Gasteiger partial charge in [0.25, 0.3) is 0 Å². The van der Waals surface area contributed by atoms with Crippen LogP contribution < -0.4 is 5.32 Å². The van der Waals surface area contributed by atoms with Gasteiger partial charge >= 0.3 is 6.09 Å². The lowest BCUT2D eigenvalue weighted by atomic mass is 10.3. The van der Waals surface area contributed by atoms with Crippen LogP contribution >= 0.6 is 0 Å². The van der Waals surface area contributed by atoms with E-state index in [4.69, 9.17) is 9.47 Å². The molecule has 2 heterocycles. The fraction of sp³-hybridized carbons (Fsp3) is 0.800. The first-order valence-electron chi connectivity index (χ1n) is 5.79. The van der Waals surface area contributed by atoms with Gasteiger partial charge in [-0.15, -0.1) is 0 Å². The van der Waals surface area contributed by atoms with Crippen LogP contribution in [0.15, 0.2) is 0 Å². The van der Waals surface area contributed by atoms with Crippen LogP contribution in [-0.2, 0) is 14.3 Å². The summed E-state index contributed by atoms with van der Waals surface area (Å²) in [5.41, 5.74) is 0. The van der Waals surface area contributed by atoms with Crippen molar-refractivity contribution in [2.24, 2.45) is 0 Å². The molecule has 0 aromatic heterocycles. The molecule has 2 aliphatic rings. The zero-order valence-electron chi connectivity index (χ0n) is 10.1. The van der Waals surface area contributed by atoms with Crippen LogP contribution in [0.5, 0.6) is 0 Å². The highest BCUT2D eigenvalue weighted by atomic mass is 19.1. The third kappa shape index (κ3) is 2.88. The van der Waals surface area contributed by atoms with Gasteiger partial charge in [-0.25, -0.2) is 14.2 Å². The summed E-state index contributed by atoms with van der Waals surface area (Å²) in [5.74, 6) is -0.195. The molecular formula is C10H16FN3O4. The maximum atomic E-state index is 13.6. The predicted molar refractivity (Wildman–Crippen MR) is 58.1 cm³/mol. The zero-order chi connectivity index (χ0) is 13.1. The van der Waals surface area contributed by atoms with E-state index in [1.54, 1.807) is 0 Å². The Labute approximate surface area is 104 Å². The van der Waals surface area contributed by atoms with Crippen LogP contribution in [0.4, 0.5) is 9.18 Å². The SMILES string of the molecule is CC(=O)NCC1CN(N2CCOCC2F)C(=O)O1. The molecule has 0 aromatic carbocycles. The standard InChI is InChI=1S/C10H16FN3O4/c1-7(15)12-4-8-5-14(10(16)18-8)13-2-3-17-6-9(13)11/h8-9H,2-6H2,1H3,(H,12,15). The number of amides is 2. The number of ether oxygens (including phenoxy) is 2. The third-order valence-electron chi connectivity index (χ3n) is 2.79. The first-order valence-corrected chi connectivity index (χ1v) is 5.79. The molecule has 2 unspecified atom stereocenters. The minimum absolute atomic E-state index is 0.0554. The number of morpholine rings is 1.